The van der Waals surface area contributed by atoms with E-state index in [1.54, 1.807) is 0 Å². The summed E-state index contributed by atoms with van der Waals surface area (Å²) in [4.78, 5) is 0. The van der Waals surface area contributed by atoms with Crippen LogP contribution >= 0.6 is 0 Å². The molecule has 0 saturated heterocycles. The summed E-state index contributed by atoms with van der Waals surface area (Å²) in [6.07, 6.45) is 0. The Morgan fingerprint density at radius 3 is 1.01 bits per heavy atom. The van der Waals surface area contributed by atoms with Gasteiger partial charge in [0.2, 0.25) is 0 Å². The summed E-state index contributed by atoms with van der Waals surface area (Å²) in [5.41, 5.74) is 21.3. The van der Waals surface area contributed by atoms with Crippen molar-refractivity contribution in [2.75, 3.05) is 0 Å². The van der Waals surface area contributed by atoms with Gasteiger partial charge in [0.05, 0.1) is 22.1 Å². The fourth-order valence-electron chi connectivity index (χ4n) is 10.6. The number of hydrogen-bond donors (Lipinski definition) is 0. The Balaban J connectivity index is 0.985. The third-order valence-corrected chi connectivity index (χ3v) is 13.7. The lowest BCUT2D eigenvalue weighted by Crippen LogP contribution is -1.94. The Kier molecular flexibility index (Phi) is 9.54. The highest BCUT2D eigenvalue weighted by Gasteiger charge is 2.20. The average molecular weight is 865 g/mol. The summed E-state index contributed by atoms with van der Waals surface area (Å²) in [6, 6.07) is 97.6. The van der Waals surface area contributed by atoms with Gasteiger partial charge in [-0.15, -0.1) is 0 Å². The van der Waals surface area contributed by atoms with Crippen LogP contribution in [0.3, 0.4) is 0 Å². The molecule has 2 aromatic heterocycles. The molecule has 13 rings (SSSR count). The number of aromatic nitrogens is 2. The minimum absolute atomic E-state index is 1.16. The summed E-state index contributed by atoms with van der Waals surface area (Å²) in [6.45, 7) is 0. The molecular weight excluding hydrogens is 821 g/mol. The maximum atomic E-state index is 2.40. The first-order chi connectivity index (χ1) is 33.7. The summed E-state index contributed by atoms with van der Waals surface area (Å²) in [5, 5.41) is 4.98. The lowest BCUT2D eigenvalue weighted by Gasteiger charge is -2.20. The second-order valence-corrected chi connectivity index (χ2v) is 17.7. The lowest BCUT2D eigenvalue weighted by molar-refractivity contribution is 1.18. The standard InChI is InChI=1S/C66H44N2/c1-5-19-45(20-6-1)53-43-58(51-25-17-23-47(39-51)49-35-37-64-60(41-49)56-31-13-15-33-62(56)67(64)54-27-9-3-10-28-54)66(46-21-7-2-8-22-46)59(44-53)52-26-18-24-48(40-52)50-36-38-65-61(42-50)57-32-14-16-34-63(57)68(65)55-29-11-4-12-30-55/h1-44H. The second kappa shape index (κ2) is 16.5. The van der Waals surface area contributed by atoms with Crippen LogP contribution in [0.15, 0.2) is 267 Å². The van der Waals surface area contributed by atoms with Gasteiger partial charge in [0, 0.05) is 32.9 Å². The molecule has 0 atom stereocenters. The molecule has 0 spiro atoms. The third-order valence-electron chi connectivity index (χ3n) is 13.7. The molecule has 0 aliphatic heterocycles. The minimum atomic E-state index is 1.16. The van der Waals surface area contributed by atoms with Crippen molar-refractivity contribution in [2.45, 2.75) is 0 Å². The van der Waals surface area contributed by atoms with Crippen molar-refractivity contribution in [2.24, 2.45) is 0 Å². The van der Waals surface area contributed by atoms with Crippen molar-refractivity contribution in [1.29, 1.82) is 0 Å². The van der Waals surface area contributed by atoms with Crippen LogP contribution in [0, 0.1) is 0 Å². The van der Waals surface area contributed by atoms with E-state index in [4.69, 9.17) is 0 Å². The van der Waals surface area contributed by atoms with Crippen LogP contribution < -0.4 is 0 Å². The van der Waals surface area contributed by atoms with E-state index in [2.05, 4.69) is 276 Å². The van der Waals surface area contributed by atoms with Gasteiger partial charge in [-0.25, -0.2) is 0 Å². The highest BCUT2D eigenvalue weighted by Crippen LogP contribution is 2.45. The molecule has 0 unspecified atom stereocenters. The number of rotatable bonds is 8. The maximum Gasteiger partial charge on any atom is 0.0541 e. The van der Waals surface area contributed by atoms with Gasteiger partial charge in [-0.05, 0) is 152 Å². The van der Waals surface area contributed by atoms with E-state index in [1.807, 2.05) is 0 Å². The molecule has 0 fully saturated rings. The molecular formula is C66H44N2. The molecule has 0 saturated carbocycles. The first kappa shape index (κ1) is 39.4. The van der Waals surface area contributed by atoms with Crippen molar-refractivity contribution in [3.8, 4) is 78.1 Å². The highest BCUT2D eigenvalue weighted by molar-refractivity contribution is 6.12. The van der Waals surface area contributed by atoms with Gasteiger partial charge < -0.3 is 9.13 Å². The summed E-state index contributed by atoms with van der Waals surface area (Å²) in [5.74, 6) is 0. The van der Waals surface area contributed by atoms with Crippen molar-refractivity contribution in [3.63, 3.8) is 0 Å². The van der Waals surface area contributed by atoms with E-state index >= 15 is 0 Å². The molecule has 2 heteroatoms. The van der Waals surface area contributed by atoms with Gasteiger partial charge in [0.15, 0.2) is 0 Å². The van der Waals surface area contributed by atoms with E-state index in [0.717, 1.165) is 11.4 Å². The molecule has 0 bridgehead atoms. The number of benzene rings is 11. The van der Waals surface area contributed by atoms with Gasteiger partial charge in [0.25, 0.3) is 0 Å². The van der Waals surface area contributed by atoms with Crippen LogP contribution in [-0.4, -0.2) is 9.13 Å². The van der Waals surface area contributed by atoms with E-state index < -0.39 is 0 Å². The van der Waals surface area contributed by atoms with Crippen molar-refractivity contribution < 1.29 is 0 Å². The molecule has 2 heterocycles. The van der Waals surface area contributed by atoms with Gasteiger partial charge in [-0.3, -0.25) is 0 Å². The summed E-state index contributed by atoms with van der Waals surface area (Å²) < 4.78 is 4.76. The minimum Gasteiger partial charge on any atom is -0.309 e. The highest BCUT2D eigenvalue weighted by atomic mass is 15.0. The lowest BCUT2D eigenvalue weighted by atomic mass is 9.83. The largest absolute Gasteiger partial charge is 0.309 e. The Morgan fingerprint density at radius 1 is 0.191 bits per heavy atom. The number of para-hydroxylation sites is 4. The zero-order valence-corrected chi connectivity index (χ0v) is 37.3. The van der Waals surface area contributed by atoms with E-state index in [-0.39, 0.29) is 0 Å². The number of nitrogens with zero attached hydrogens (tertiary/aromatic N) is 2. The first-order valence-electron chi connectivity index (χ1n) is 23.4. The second-order valence-electron chi connectivity index (χ2n) is 17.7. The van der Waals surface area contributed by atoms with Gasteiger partial charge >= 0.3 is 0 Å². The first-order valence-corrected chi connectivity index (χ1v) is 23.4. The smallest absolute Gasteiger partial charge is 0.0541 e. The molecule has 0 amide bonds. The Hall–Kier alpha value is -8.98. The quantitative estimate of drug-likeness (QED) is 0.144. The summed E-state index contributed by atoms with van der Waals surface area (Å²) in [7, 11) is 0. The molecule has 0 N–H and O–H groups in total. The molecule has 68 heavy (non-hydrogen) atoms. The molecule has 0 radical (unpaired) electrons. The topological polar surface area (TPSA) is 9.86 Å². The molecule has 13 aromatic rings. The van der Waals surface area contributed by atoms with Crippen molar-refractivity contribution in [1.82, 2.24) is 9.13 Å². The summed E-state index contributed by atoms with van der Waals surface area (Å²) >= 11 is 0. The van der Waals surface area contributed by atoms with Crippen LogP contribution in [0.2, 0.25) is 0 Å². The van der Waals surface area contributed by atoms with E-state index in [0.29, 0.717) is 0 Å². The van der Waals surface area contributed by atoms with E-state index in [9.17, 15) is 0 Å². The van der Waals surface area contributed by atoms with Crippen LogP contribution in [0.4, 0.5) is 0 Å². The molecule has 318 valence electrons. The van der Waals surface area contributed by atoms with Crippen molar-refractivity contribution >= 4 is 43.6 Å². The molecule has 11 aromatic carbocycles. The maximum absolute atomic E-state index is 2.40. The fraction of sp³-hybridized carbons (Fsp3) is 0. The fourth-order valence-corrected chi connectivity index (χ4v) is 10.6. The van der Waals surface area contributed by atoms with Crippen molar-refractivity contribution in [3.05, 3.63) is 267 Å². The van der Waals surface area contributed by atoms with Crippen LogP contribution in [-0.2, 0) is 0 Å². The zero-order valence-electron chi connectivity index (χ0n) is 37.3. The SMILES string of the molecule is c1ccc(-c2cc(-c3cccc(-c4ccc5c(c4)c4ccccc4n5-c4ccccc4)c3)c(-c3ccccc3)c(-c3cccc(-c4ccc5c(c4)c4ccccc4n5-c4ccccc4)c3)c2)cc1. The Bertz CT molecular complexity index is 3770. The third kappa shape index (κ3) is 6.73. The monoisotopic (exact) mass is 864 g/mol. The normalized spacial score (nSPS) is 11.5. The molecule has 2 nitrogen and oxygen atoms in total. The number of fused-ring (bicyclic) bond motifs is 6. The predicted octanol–water partition coefficient (Wildman–Crippen LogP) is 17.9. The predicted molar refractivity (Wildman–Crippen MR) is 288 cm³/mol. The van der Waals surface area contributed by atoms with Crippen LogP contribution in [0.5, 0.6) is 0 Å². The van der Waals surface area contributed by atoms with Crippen LogP contribution in [0.1, 0.15) is 0 Å². The van der Waals surface area contributed by atoms with Gasteiger partial charge in [0.1, 0.15) is 0 Å². The van der Waals surface area contributed by atoms with Crippen LogP contribution in [0.25, 0.3) is 122 Å². The van der Waals surface area contributed by atoms with Gasteiger partial charge in [-0.2, -0.15) is 0 Å². The molecule has 0 aliphatic carbocycles. The molecule has 0 aliphatic rings. The Morgan fingerprint density at radius 2 is 0.544 bits per heavy atom. The average Bonchev–Trinajstić information content (AvgIpc) is 3.94. The zero-order chi connectivity index (χ0) is 45.0. The van der Waals surface area contributed by atoms with E-state index in [1.165, 1.54) is 110 Å². The Labute approximate surface area is 395 Å². The number of hydrogen-bond acceptors (Lipinski definition) is 0. The van der Waals surface area contributed by atoms with Gasteiger partial charge in [-0.1, -0.05) is 182 Å².